The lowest BCUT2D eigenvalue weighted by atomic mass is 10.1. The minimum atomic E-state index is 0.660. The van der Waals surface area contributed by atoms with Crippen LogP contribution in [0.15, 0.2) is 47.1 Å². The summed E-state index contributed by atoms with van der Waals surface area (Å²) in [6.07, 6.45) is 5.80. The van der Waals surface area contributed by atoms with Gasteiger partial charge in [0.25, 0.3) is 0 Å². The fraction of sp³-hybridized carbons (Fsp3) is 0.176. The zero-order valence-electron chi connectivity index (χ0n) is 12.5. The van der Waals surface area contributed by atoms with Crippen molar-refractivity contribution in [3.8, 4) is 5.75 Å². The summed E-state index contributed by atoms with van der Waals surface area (Å²) < 4.78 is 6.21. The highest BCUT2D eigenvalue weighted by Crippen LogP contribution is 2.34. The van der Waals surface area contributed by atoms with Crippen LogP contribution >= 0.6 is 15.9 Å². The Morgan fingerprint density at radius 2 is 2.18 bits per heavy atom. The van der Waals surface area contributed by atoms with E-state index in [0.29, 0.717) is 6.54 Å². The van der Waals surface area contributed by atoms with Crippen molar-refractivity contribution in [1.29, 1.82) is 0 Å². The molecule has 0 atom stereocenters. The van der Waals surface area contributed by atoms with Crippen LogP contribution in [-0.2, 0) is 11.3 Å². The van der Waals surface area contributed by atoms with E-state index in [9.17, 15) is 4.79 Å². The summed E-state index contributed by atoms with van der Waals surface area (Å²) in [4.78, 5) is 17.0. The monoisotopic (exact) mass is 360 g/mol. The van der Waals surface area contributed by atoms with Gasteiger partial charge in [0.2, 0.25) is 0 Å². The van der Waals surface area contributed by atoms with Crippen molar-refractivity contribution in [1.82, 2.24) is 4.98 Å². The number of aldehydes is 1. The van der Waals surface area contributed by atoms with Gasteiger partial charge in [0.15, 0.2) is 0 Å². The quantitative estimate of drug-likeness (QED) is 0.581. The molecular weight excluding hydrogens is 344 g/mol. The third-order valence-electron chi connectivity index (χ3n) is 3.19. The van der Waals surface area contributed by atoms with Gasteiger partial charge in [-0.15, -0.1) is 0 Å². The predicted molar refractivity (Wildman–Crippen MR) is 92.1 cm³/mol. The zero-order valence-corrected chi connectivity index (χ0v) is 14.1. The number of pyridine rings is 1. The molecule has 5 heteroatoms. The Hall–Kier alpha value is -2.14. The Balaban J connectivity index is 2.37. The van der Waals surface area contributed by atoms with Crippen LogP contribution in [0.3, 0.4) is 0 Å². The Kier molecular flexibility index (Phi) is 5.72. The molecule has 2 aromatic rings. The van der Waals surface area contributed by atoms with Crippen LogP contribution in [0.1, 0.15) is 11.3 Å². The fourth-order valence-corrected chi connectivity index (χ4v) is 2.66. The summed E-state index contributed by atoms with van der Waals surface area (Å²) in [6, 6.07) is 9.71. The third-order valence-corrected chi connectivity index (χ3v) is 3.81. The molecule has 4 nitrogen and oxygen atoms in total. The summed E-state index contributed by atoms with van der Waals surface area (Å²) in [5.41, 5.74) is 2.86. The second-order valence-electron chi connectivity index (χ2n) is 4.72. The lowest BCUT2D eigenvalue weighted by molar-refractivity contribution is -0.104. The SMILES string of the molecule is COc1cc(N(C)Cc2ccccn2)c(/C=C\C=O)cc1Br. The van der Waals surface area contributed by atoms with Gasteiger partial charge >= 0.3 is 0 Å². The van der Waals surface area contributed by atoms with E-state index in [1.807, 2.05) is 37.4 Å². The molecule has 0 bridgehead atoms. The molecule has 0 spiro atoms. The summed E-state index contributed by atoms with van der Waals surface area (Å²) in [5.74, 6) is 0.742. The maximum Gasteiger partial charge on any atom is 0.142 e. The van der Waals surface area contributed by atoms with Crippen molar-refractivity contribution < 1.29 is 9.53 Å². The molecule has 22 heavy (non-hydrogen) atoms. The number of carbonyl (C=O) groups excluding carboxylic acids is 1. The number of anilines is 1. The Morgan fingerprint density at radius 1 is 1.36 bits per heavy atom. The minimum absolute atomic E-state index is 0.660. The standard InChI is InChI=1S/C17H17BrN2O2/c1-20(12-14-7-3-4-8-19-14)16-11-17(22-2)15(18)10-13(16)6-5-9-21/h3-11H,12H2,1-2H3/b6-5-. The lowest BCUT2D eigenvalue weighted by Gasteiger charge is -2.22. The topological polar surface area (TPSA) is 42.4 Å². The maximum atomic E-state index is 10.6. The van der Waals surface area contributed by atoms with Crippen LogP contribution in [-0.4, -0.2) is 25.4 Å². The van der Waals surface area contributed by atoms with Crippen molar-refractivity contribution in [3.63, 3.8) is 0 Å². The first-order valence-corrected chi connectivity index (χ1v) is 7.55. The Labute approximate surface area is 138 Å². The van der Waals surface area contributed by atoms with E-state index in [2.05, 4.69) is 25.8 Å². The average Bonchev–Trinajstić information content (AvgIpc) is 2.53. The van der Waals surface area contributed by atoms with Gasteiger partial charge in [-0.2, -0.15) is 0 Å². The summed E-state index contributed by atoms with van der Waals surface area (Å²) in [6.45, 7) is 0.660. The van der Waals surface area contributed by atoms with E-state index in [1.54, 1.807) is 19.4 Å². The van der Waals surface area contributed by atoms with Gasteiger partial charge in [0.1, 0.15) is 12.0 Å². The number of aromatic nitrogens is 1. The Bertz CT molecular complexity index is 672. The van der Waals surface area contributed by atoms with Gasteiger partial charge in [-0.05, 0) is 51.8 Å². The molecule has 0 saturated heterocycles. The van der Waals surface area contributed by atoms with Crippen LogP contribution in [0.25, 0.3) is 6.08 Å². The molecule has 0 radical (unpaired) electrons. The maximum absolute atomic E-state index is 10.6. The van der Waals surface area contributed by atoms with E-state index >= 15 is 0 Å². The number of hydrogen-bond acceptors (Lipinski definition) is 4. The lowest BCUT2D eigenvalue weighted by Crippen LogP contribution is -2.18. The molecule has 0 aliphatic carbocycles. The highest BCUT2D eigenvalue weighted by atomic mass is 79.9. The first-order chi connectivity index (χ1) is 10.7. The van der Waals surface area contributed by atoms with E-state index in [0.717, 1.165) is 33.5 Å². The second-order valence-corrected chi connectivity index (χ2v) is 5.57. The van der Waals surface area contributed by atoms with E-state index < -0.39 is 0 Å². The first-order valence-electron chi connectivity index (χ1n) is 6.76. The van der Waals surface area contributed by atoms with Gasteiger partial charge in [-0.1, -0.05) is 6.07 Å². The third kappa shape index (κ3) is 3.95. The number of nitrogens with zero attached hydrogens (tertiary/aromatic N) is 2. The highest BCUT2D eigenvalue weighted by molar-refractivity contribution is 9.10. The number of benzene rings is 1. The van der Waals surface area contributed by atoms with Crippen molar-refractivity contribution >= 4 is 34.0 Å². The molecule has 1 heterocycles. The molecule has 1 aromatic carbocycles. The summed E-state index contributed by atoms with van der Waals surface area (Å²) in [5, 5.41) is 0. The van der Waals surface area contributed by atoms with E-state index in [4.69, 9.17) is 4.74 Å². The number of allylic oxidation sites excluding steroid dienone is 1. The molecule has 1 aromatic heterocycles. The van der Waals surface area contributed by atoms with Crippen molar-refractivity contribution in [3.05, 3.63) is 58.3 Å². The number of methoxy groups -OCH3 is 1. The van der Waals surface area contributed by atoms with Crippen LogP contribution in [0, 0.1) is 0 Å². The van der Waals surface area contributed by atoms with Crippen LogP contribution in [0.4, 0.5) is 5.69 Å². The van der Waals surface area contributed by atoms with E-state index in [1.165, 1.54) is 6.08 Å². The first kappa shape index (κ1) is 16.2. The number of ether oxygens (including phenoxy) is 1. The average molecular weight is 361 g/mol. The molecule has 0 amide bonds. The number of halogens is 1. The normalized spacial score (nSPS) is 10.7. The molecule has 0 unspecified atom stereocenters. The smallest absolute Gasteiger partial charge is 0.142 e. The van der Waals surface area contributed by atoms with Crippen LogP contribution in [0.5, 0.6) is 5.75 Å². The number of carbonyl (C=O) groups is 1. The largest absolute Gasteiger partial charge is 0.495 e. The molecule has 114 valence electrons. The molecule has 0 aliphatic rings. The van der Waals surface area contributed by atoms with Crippen LogP contribution in [0.2, 0.25) is 0 Å². The molecular formula is C17H17BrN2O2. The molecule has 2 rings (SSSR count). The van der Waals surface area contributed by atoms with Crippen LogP contribution < -0.4 is 9.64 Å². The second kappa shape index (κ2) is 7.75. The van der Waals surface area contributed by atoms with Crippen molar-refractivity contribution in [2.75, 3.05) is 19.1 Å². The minimum Gasteiger partial charge on any atom is -0.495 e. The van der Waals surface area contributed by atoms with Gasteiger partial charge in [0, 0.05) is 25.0 Å². The van der Waals surface area contributed by atoms with Crippen molar-refractivity contribution in [2.45, 2.75) is 6.54 Å². The highest BCUT2D eigenvalue weighted by Gasteiger charge is 2.12. The van der Waals surface area contributed by atoms with E-state index in [-0.39, 0.29) is 0 Å². The molecule has 0 N–H and O–H groups in total. The molecule has 0 fully saturated rings. The summed E-state index contributed by atoms with van der Waals surface area (Å²) >= 11 is 3.47. The number of rotatable bonds is 6. The fourth-order valence-electron chi connectivity index (χ4n) is 2.14. The zero-order chi connectivity index (χ0) is 15.9. The van der Waals surface area contributed by atoms with Crippen molar-refractivity contribution in [2.24, 2.45) is 0 Å². The number of hydrogen-bond donors (Lipinski definition) is 0. The summed E-state index contributed by atoms with van der Waals surface area (Å²) in [7, 11) is 3.61. The molecule has 0 aliphatic heterocycles. The predicted octanol–water partition coefficient (Wildman–Crippen LogP) is 3.70. The van der Waals surface area contributed by atoms with Gasteiger partial charge in [0.05, 0.1) is 23.8 Å². The van der Waals surface area contributed by atoms with Gasteiger partial charge in [-0.3, -0.25) is 9.78 Å². The molecule has 0 saturated carbocycles. The van der Waals surface area contributed by atoms with Gasteiger partial charge < -0.3 is 9.64 Å². The Morgan fingerprint density at radius 3 is 2.82 bits per heavy atom. The van der Waals surface area contributed by atoms with Gasteiger partial charge in [-0.25, -0.2) is 0 Å².